The molecule has 1 aliphatic rings. The van der Waals surface area contributed by atoms with Crippen molar-refractivity contribution in [2.45, 2.75) is 32.4 Å². The van der Waals surface area contributed by atoms with Gasteiger partial charge in [-0.3, -0.25) is 9.69 Å². The molecule has 1 aliphatic heterocycles. The fourth-order valence-electron chi connectivity index (χ4n) is 3.42. The summed E-state index contributed by atoms with van der Waals surface area (Å²) in [5.74, 6) is 0.215. The third-order valence-corrected chi connectivity index (χ3v) is 5.11. The Hall–Kier alpha value is -1.84. The van der Waals surface area contributed by atoms with Crippen LogP contribution in [0, 0.1) is 5.92 Å². The fourth-order valence-corrected chi connectivity index (χ4v) is 3.55. The lowest BCUT2D eigenvalue weighted by Gasteiger charge is -2.32. The summed E-state index contributed by atoms with van der Waals surface area (Å²) in [6.45, 7) is 4.82. The topological polar surface area (TPSA) is 32.3 Å². The number of carbonyl (C=O) groups excluding carboxylic acids is 1. The average molecular weight is 357 g/mol. The van der Waals surface area contributed by atoms with E-state index < -0.39 is 0 Å². The minimum absolute atomic E-state index is 0.00531. The summed E-state index contributed by atoms with van der Waals surface area (Å²) >= 11 is 5.93. The molecule has 1 N–H and O–H groups in total. The molecule has 0 saturated carbocycles. The average Bonchev–Trinajstić information content (AvgIpc) is 2.63. The second-order valence-electron chi connectivity index (χ2n) is 6.84. The minimum Gasteiger partial charge on any atom is -0.349 e. The standard InChI is InChI=1S/C21H25ClN2O/c1-16(18-9-11-20(22)12-10-18)23-21(25)19-8-5-13-24(15-19)14-17-6-3-2-4-7-17/h2-4,6-7,9-12,16,19H,5,8,13-15H2,1H3,(H,23,25)/t16-,19+/m1/s1. The van der Waals surface area contributed by atoms with Gasteiger partial charge < -0.3 is 5.32 Å². The molecule has 0 radical (unpaired) electrons. The first-order valence-corrected chi connectivity index (χ1v) is 9.32. The van der Waals surface area contributed by atoms with Gasteiger partial charge in [0.1, 0.15) is 0 Å². The molecule has 0 aromatic heterocycles. The molecule has 0 unspecified atom stereocenters. The van der Waals surface area contributed by atoms with Gasteiger partial charge in [-0.1, -0.05) is 54.1 Å². The van der Waals surface area contributed by atoms with Gasteiger partial charge in [0.15, 0.2) is 0 Å². The molecular weight excluding hydrogens is 332 g/mol. The molecule has 1 fully saturated rings. The molecule has 2 aromatic carbocycles. The first-order chi connectivity index (χ1) is 12.1. The number of hydrogen-bond acceptors (Lipinski definition) is 2. The van der Waals surface area contributed by atoms with Gasteiger partial charge in [0, 0.05) is 18.1 Å². The number of likely N-dealkylation sites (tertiary alicyclic amines) is 1. The van der Waals surface area contributed by atoms with E-state index in [4.69, 9.17) is 11.6 Å². The maximum atomic E-state index is 12.7. The summed E-state index contributed by atoms with van der Waals surface area (Å²) in [5.41, 5.74) is 2.38. The maximum absolute atomic E-state index is 12.7. The van der Waals surface area contributed by atoms with E-state index in [0.29, 0.717) is 5.02 Å². The van der Waals surface area contributed by atoms with E-state index in [1.54, 1.807) is 0 Å². The second kappa shape index (κ2) is 8.50. The van der Waals surface area contributed by atoms with Crippen molar-refractivity contribution >= 4 is 17.5 Å². The van der Waals surface area contributed by atoms with Crippen molar-refractivity contribution in [2.24, 2.45) is 5.92 Å². The molecule has 25 heavy (non-hydrogen) atoms. The van der Waals surface area contributed by atoms with E-state index in [-0.39, 0.29) is 17.9 Å². The Morgan fingerprint density at radius 3 is 2.64 bits per heavy atom. The first kappa shape index (κ1) is 18.0. The zero-order valence-corrected chi connectivity index (χ0v) is 15.4. The van der Waals surface area contributed by atoms with E-state index in [1.165, 1.54) is 5.56 Å². The van der Waals surface area contributed by atoms with Crippen LogP contribution >= 0.6 is 11.6 Å². The van der Waals surface area contributed by atoms with Crippen LogP contribution in [-0.2, 0) is 11.3 Å². The van der Waals surface area contributed by atoms with E-state index in [0.717, 1.165) is 38.0 Å². The molecule has 0 aliphatic carbocycles. The number of carbonyl (C=O) groups is 1. The highest BCUT2D eigenvalue weighted by atomic mass is 35.5. The smallest absolute Gasteiger partial charge is 0.224 e. The fraction of sp³-hybridized carbons (Fsp3) is 0.381. The molecule has 2 aromatic rings. The SMILES string of the molecule is C[C@@H](NC(=O)[C@H]1CCCN(Cc2ccccc2)C1)c1ccc(Cl)cc1. The predicted octanol–water partition coefficient (Wildman–Crippen LogP) is 4.43. The lowest BCUT2D eigenvalue weighted by molar-refractivity contribution is -0.127. The van der Waals surface area contributed by atoms with Crippen molar-refractivity contribution in [3.63, 3.8) is 0 Å². The van der Waals surface area contributed by atoms with Crippen LogP contribution in [0.2, 0.25) is 5.02 Å². The molecule has 132 valence electrons. The van der Waals surface area contributed by atoms with E-state index in [9.17, 15) is 4.79 Å². The van der Waals surface area contributed by atoms with Crippen molar-refractivity contribution in [1.29, 1.82) is 0 Å². The van der Waals surface area contributed by atoms with Gasteiger partial charge in [0.2, 0.25) is 5.91 Å². The predicted molar refractivity (Wildman–Crippen MR) is 102 cm³/mol. The second-order valence-corrected chi connectivity index (χ2v) is 7.28. The lowest BCUT2D eigenvalue weighted by Crippen LogP contribution is -2.43. The van der Waals surface area contributed by atoms with Gasteiger partial charge in [-0.25, -0.2) is 0 Å². The van der Waals surface area contributed by atoms with Crippen molar-refractivity contribution in [3.05, 3.63) is 70.7 Å². The number of rotatable bonds is 5. The molecule has 3 nitrogen and oxygen atoms in total. The zero-order chi connectivity index (χ0) is 17.6. The maximum Gasteiger partial charge on any atom is 0.224 e. The number of nitrogens with one attached hydrogen (secondary N) is 1. The third kappa shape index (κ3) is 5.07. The number of hydrogen-bond donors (Lipinski definition) is 1. The summed E-state index contributed by atoms with van der Waals surface area (Å²) in [6, 6.07) is 18.1. The van der Waals surface area contributed by atoms with Crippen LogP contribution in [0.15, 0.2) is 54.6 Å². The van der Waals surface area contributed by atoms with Crippen molar-refractivity contribution in [1.82, 2.24) is 10.2 Å². The highest BCUT2D eigenvalue weighted by molar-refractivity contribution is 6.30. The third-order valence-electron chi connectivity index (χ3n) is 4.85. The molecule has 0 bridgehead atoms. The Kier molecular flexibility index (Phi) is 6.11. The van der Waals surface area contributed by atoms with Crippen LogP contribution in [0.25, 0.3) is 0 Å². The Bertz CT molecular complexity index is 687. The van der Waals surface area contributed by atoms with Crippen molar-refractivity contribution < 1.29 is 4.79 Å². The highest BCUT2D eigenvalue weighted by Gasteiger charge is 2.26. The van der Waals surface area contributed by atoms with E-state index in [1.807, 2.05) is 37.3 Å². The molecule has 1 heterocycles. The van der Waals surface area contributed by atoms with Gasteiger partial charge >= 0.3 is 0 Å². The molecule has 4 heteroatoms. The Labute approximate surface area is 155 Å². The van der Waals surface area contributed by atoms with Crippen LogP contribution in [0.5, 0.6) is 0 Å². The summed E-state index contributed by atoms with van der Waals surface area (Å²) in [7, 11) is 0. The molecule has 2 atom stereocenters. The Morgan fingerprint density at radius 2 is 1.92 bits per heavy atom. The molecule has 1 amide bonds. The number of benzene rings is 2. The number of piperidine rings is 1. The molecular formula is C21H25ClN2O. The number of halogens is 1. The number of nitrogens with zero attached hydrogens (tertiary/aromatic N) is 1. The summed E-state index contributed by atoms with van der Waals surface area (Å²) in [5, 5.41) is 3.88. The van der Waals surface area contributed by atoms with Gasteiger partial charge in [-0.2, -0.15) is 0 Å². The Morgan fingerprint density at radius 1 is 1.20 bits per heavy atom. The van der Waals surface area contributed by atoms with Crippen LogP contribution < -0.4 is 5.32 Å². The molecule has 1 saturated heterocycles. The Balaban J connectivity index is 1.55. The largest absolute Gasteiger partial charge is 0.349 e. The van der Waals surface area contributed by atoms with Crippen molar-refractivity contribution in [3.8, 4) is 0 Å². The van der Waals surface area contributed by atoms with E-state index in [2.05, 4.69) is 34.5 Å². The number of amides is 1. The minimum atomic E-state index is -0.00531. The van der Waals surface area contributed by atoms with Crippen LogP contribution in [0.4, 0.5) is 0 Å². The van der Waals surface area contributed by atoms with E-state index >= 15 is 0 Å². The van der Waals surface area contributed by atoms with Crippen LogP contribution in [0.1, 0.15) is 36.9 Å². The summed E-state index contributed by atoms with van der Waals surface area (Å²) < 4.78 is 0. The molecule has 3 rings (SSSR count). The quantitative estimate of drug-likeness (QED) is 0.859. The van der Waals surface area contributed by atoms with Gasteiger partial charge in [-0.15, -0.1) is 0 Å². The normalized spacial score (nSPS) is 19.4. The summed E-state index contributed by atoms with van der Waals surface area (Å²) in [6.07, 6.45) is 2.03. The van der Waals surface area contributed by atoms with Gasteiger partial charge in [0.05, 0.1) is 12.0 Å². The molecule has 0 spiro atoms. The van der Waals surface area contributed by atoms with Crippen LogP contribution in [-0.4, -0.2) is 23.9 Å². The van der Waals surface area contributed by atoms with Gasteiger partial charge in [-0.05, 0) is 49.6 Å². The monoisotopic (exact) mass is 356 g/mol. The van der Waals surface area contributed by atoms with Crippen LogP contribution in [0.3, 0.4) is 0 Å². The zero-order valence-electron chi connectivity index (χ0n) is 14.6. The first-order valence-electron chi connectivity index (χ1n) is 8.94. The van der Waals surface area contributed by atoms with Crippen molar-refractivity contribution in [2.75, 3.05) is 13.1 Å². The lowest BCUT2D eigenvalue weighted by atomic mass is 9.96. The summed E-state index contributed by atoms with van der Waals surface area (Å²) in [4.78, 5) is 15.1. The van der Waals surface area contributed by atoms with Gasteiger partial charge in [0.25, 0.3) is 0 Å². The highest BCUT2D eigenvalue weighted by Crippen LogP contribution is 2.21.